The van der Waals surface area contributed by atoms with E-state index in [1.165, 1.54) is 25.7 Å². The number of likely N-dealkylation sites (tertiary alicyclic amines) is 1. The van der Waals surface area contributed by atoms with Crippen molar-refractivity contribution >= 4 is 22.7 Å². The van der Waals surface area contributed by atoms with Crippen LogP contribution in [0.2, 0.25) is 0 Å². The van der Waals surface area contributed by atoms with Crippen molar-refractivity contribution in [3.8, 4) is 0 Å². The Kier molecular flexibility index (Phi) is 4.82. The fraction of sp³-hybridized carbons (Fsp3) is 0.565. The second kappa shape index (κ2) is 7.48. The van der Waals surface area contributed by atoms with Gasteiger partial charge < -0.3 is 15.2 Å². The minimum atomic E-state index is 0.0304. The number of para-hydroxylation sites is 1. The Morgan fingerprint density at radius 2 is 2.03 bits per heavy atom. The van der Waals surface area contributed by atoms with E-state index in [4.69, 9.17) is 0 Å². The normalized spacial score (nSPS) is 29.5. The van der Waals surface area contributed by atoms with Gasteiger partial charge in [0.1, 0.15) is 0 Å². The van der Waals surface area contributed by atoms with Crippen molar-refractivity contribution < 1.29 is 9.59 Å². The maximum Gasteiger partial charge on any atom is 0.256 e. The highest BCUT2D eigenvalue weighted by atomic mass is 16.2. The summed E-state index contributed by atoms with van der Waals surface area (Å²) in [7, 11) is 0. The summed E-state index contributed by atoms with van der Waals surface area (Å²) in [5, 5.41) is 4.14. The molecular formula is C23H30N4O2. The first kappa shape index (κ1) is 18.7. The van der Waals surface area contributed by atoms with Crippen molar-refractivity contribution in [2.45, 2.75) is 44.7 Å². The molecule has 0 saturated carbocycles. The molecule has 2 bridgehead atoms. The van der Waals surface area contributed by atoms with Crippen molar-refractivity contribution in [1.29, 1.82) is 0 Å². The molecule has 0 radical (unpaired) electrons. The second-order valence-electron chi connectivity index (χ2n) is 9.02. The Morgan fingerprint density at radius 1 is 1.17 bits per heavy atom. The summed E-state index contributed by atoms with van der Waals surface area (Å²) in [5.74, 6) is 1.12. The molecule has 0 aliphatic carbocycles. The molecule has 1 aromatic heterocycles. The van der Waals surface area contributed by atoms with E-state index in [2.05, 4.69) is 20.1 Å². The molecule has 4 atom stereocenters. The summed E-state index contributed by atoms with van der Waals surface area (Å²) in [4.78, 5) is 33.1. The predicted molar refractivity (Wildman–Crippen MR) is 113 cm³/mol. The van der Waals surface area contributed by atoms with Crippen LogP contribution in [0.15, 0.2) is 30.5 Å². The number of H-pyrrole nitrogens is 1. The topological polar surface area (TPSA) is 68.4 Å². The molecule has 6 heteroatoms. The third kappa shape index (κ3) is 3.33. The van der Waals surface area contributed by atoms with Crippen LogP contribution < -0.4 is 5.32 Å². The highest BCUT2D eigenvalue weighted by Gasteiger charge is 2.47. The lowest BCUT2D eigenvalue weighted by Gasteiger charge is -2.56. The molecule has 0 spiro atoms. The Labute approximate surface area is 171 Å². The first-order valence-electron chi connectivity index (χ1n) is 11.0. The minimum Gasteiger partial charge on any atom is -0.361 e. The van der Waals surface area contributed by atoms with Gasteiger partial charge in [-0.25, -0.2) is 0 Å². The average molecular weight is 395 g/mol. The predicted octanol–water partition coefficient (Wildman–Crippen LogP) is 2.62. The summed E-state index contributed by atoms with van der Waals surface area (Å²) in [5.41, 5.74) is 1.70. The second-order valence-corrected chi connectivity index (χ2v) is 9.02. The summed E-state index contributed by atoms with van der Waals surface area (Å²) >= 11 is 0. The number of hydrogen-bond donors (Lipinski definition) is 2. The van der Waals surface area contributed by atoms with Crippen LogP contribution in [-0.2, 0) is 4.79 Å². The fourth-order valence-electron chi connectivity index (χ4n) is 6.04. The van der Waals surface area contributed by atoms with E-state index in [1.807, 2.05) is 30.5 Å². The monoisotopic (exact) mass is 394 g/mol. The van der Waals surface area contributed by atoms with Gasteiger partial charge in [-0.1, -0.05) is 18.6 Å². The van der Waals surface area contributed by atoms with Gasteiger partial charge >= 0.3 is 0 Å². The third-order valence-electron chi connectivity index (χ3n) is 7.29. The van der Waals surface area contributed by atoms with E-state index in [0.29, 0.717) is 30.5 Å². The number of aromatic nitrogens is 1. The number of rotatable bonds is 3. The van der Waals surface area contributed by atoms with Crippen LogP contribution in [-0.4, -0.2) is 64.9 Å². The smallest absolute Gasteiger partial charge is 0.256 e. The molecule has 29 heavy (non-hydrogen) atoms. The molecule has 3 aliphatic heterocycles. The van der Waals surface area contributed by atoms with Gasteiger partial charge in [0.2, 0.25) is 5.91 Å². The Morgan fingerprint density at radius 3 is 2.90 bits per heavy atom. The molecule has 5 rings (SSSR count). The molecular weight excluding hydrogens is 364 g/mol. The van der Waals surface area contributed by atoms with E-state index < -0.39 is 0 Å². The van der Waals surface area contributed by atoms with Gasteiger partial charge in [0, 0.05) is 50.2 Å². The van der Waals surface area contributed by atoms with Gasteiger partial charge in [-0.05, 0) is 49.8 Å². The SMILES string of the molecule is CC(=O)NC[C@H]1[C@H]2C[C@H](CN(C(=O)c3cccc4cc[nH]c34)C2)[C@@H]2CCCCN21. The Balaban J connectivity index is 1.42. The highest BCUT2D eigenvalue weighted by Crippen LogP contribution is 2.41. The zero-order valence-corrected chi connectivity index (χ0v) is 17.1. The van der Waals surface area contributed by atoms with Crippen LogP contribution in [0.1, 0.15) is 43.0 Å². The third-order valence-corrected chi connectivity index (χ3v) is 7.29. The lowest BCUT2D eigenvalue weighted by molar-refractivity contribution is -0.120. The molecule has 2 N–H and O–H groups in total. The molecule has 0 unspecified atom stereocenters. The number of carbonyl (C=O) groups excluding carboxylic acids is 2. The molecule has 2 amide bonds. The summed E-state index contributed by atoms with van der Waals surface area (Å²) in [6.07, 6.45) is 6.79. The first-order valence-corrected chi connectivity index (χ1v) is 11.0. The molecule has 2 aromatic rings. The maximum absolute atomic E-state index is 13.5. The number of fused-ring (bicyclic) bond motifs is 5. The van der Waals surface area contributed by atoms with Gasteiger partial charge in [0.05, 0.1) is 11.1 Å². The summed E-state index contributed by atoms with van der Waals surface area (Å²) < 4.78 is 0. The van der Waals surface area contributed by atoms with Crippen LogP contribution in [0.25, 0.3) is 10.9 Å². The molecule has 1 aromatic carbocycles. The molecule has 154 valence electrons. The van der Waals surface area contributed by atoms with Crippen LogP contribution in [0, 0.1) is 11.8 Å². The van der Waals surface area contributed by atoms with Gasteiger partial charge in [-0.3, -0.25) is 14.5 Å². The number of amides is 2. The van der Waals surface area contributed by atoms with Gasteiger partial charge in [-0.15, -0.1) is 0 Å². The van der Waals surface area contributed by atoms with Crippen molar-refractivity contribution in [1.82, 2.24) is 20.1 Å². The van der Waals surface area contributed by atoms with Gasteiger partial charge in [-0.2, -0.15) is 0 Å². The standard InChI is InChI=1S/C23H30N4O2/c1-15(28)25-12-21-18-11-17(20-7-2-3-10-27(20)21)13-26(14-18)23(29)19-6-4-5-16-8-9-24-22(16)19/h4-6,8-9,17-18,20-21,24H,2-3,7,10-14H2,1H3,(H,25,28)/t17-,18+,20+,21+/m1/s1. The largest absolute Gasteiger partial charge is 0.361 e. The molecule has 3 saturated heterocycles. The number of nitrogens with zero attached hydrogens (tertiary/aromatic N) is 2. The van der Waals surface area contributed by atoms with Crippen molar-refractivity contribution in [2.75, 3.05) is 26.2 Å². The van der Waals surface area contributed by atoms with Crippen molar-refractivity contribution in [3.63, 3.8) is 0 Å². The van der Waals surface area contributed by atoms with Gasteiger partial charge in [0.15, 0.2) is 0 Å². The summed E-state index contributed by atoms with van der Waals surface area (Å²) in [6, 6.07) is 8.83. The van der Waals surface area contributed by atoms with Crippen LogP contribution in [0.3, 0.4) is 0 Å². The minimum absolute atomic E-state index is 0.0304. The number of carbonyl (C=O) groups is 2. The zero-order chi connectivity index (χ0) is 20.0. The Hall–Kier alpha value is -2.34. The quantitative estimate of drug-likeness (QED) is 0.841. The first-order chi connectivity index (χ1) is 14.1. The fourth-order valence-corrected chi connectivity index (χ4v) is 6.04. The number of benzene rings is 1. The van der Waals surface area contributed by atoms with E-state index in [1.54, 1.807) is 6.92 Å². The van der Waals surface area contributed by atoms with Crippen molar-refractivity contribution in [3.05, 3.63) is 36.0 Å². The average Bonchev–Trinajstić information content (AvgIpc) is 3.22. The highest BCUT2D eigenvalue weighted by molar-refractivity contribution is 6.05. The molecule has 6 nitrogen and oxygen atoms in total. The number of aromatic amines is 1. The molecule has 3 aliphatic rings. The maximum atomic E-state index is 13.5. The van der Waals surface area contributed by atoms with Crippen LogP contribution >= 0.6 is 0 Å². The van der Waals surface area contributed by atoms with Gasteiger partial charge in [0.25, 0.3) is 5.91 Å². The van der Waals surface area contributed by atoms with E-state index >= 15 is 0 Å². The lowest BCUT2D eigenvalue weighted by Crippen LogP contribution is -2.66. The van der Waals surface area contributed by atoms with E-state index in [9.17, 15) is 9.59 Å². The number of nitrogens with one attached hydrogen (secondary N) is 2. The zero-order valence-electron chi connectivity index (χ0n) is 17.1. The van der Waals surface area contributed by atoms with E-state index in [0.717, 1.165) is 36.1 Å². The number of hydrogen-bond acceptors (Lipinski definition) is 3. The Bertz CT molecular complexity index is 922. The molecule has 3 fully saturated rings. The van der Waals surface area contributed by atoms with E-state index in [-0.39, 0.29) is 11.8 Å². The number of piperidine rings is 3. The lowest BCUT2D eigenvalue weighted by atomic mass is 9.72. The van der Waals surface area contributed by atoms with Crippen molar-refractivity contribution in [2.24, 2.45) is 11.8 Å². The van der Waals surface area contributed by atoms with Crippen LogP contribution in [0.4, 0.5) is 0 Å². The summed E-state index contributed by atoms with van der Waals surface area (Å²) in [6.45, 7) is 5.03. The van der Waals surface area contributed by atoms with Crippen LogP contribution in [0.5, 0.6) is 0 Å². The molecule has 4 heterocycles.